The van der Waals surface area contributed by atoms with Gasteiger partial charge in [-0.25, -0.2) is 0 Å². The van der Waals surface area contributed by atoms with Crippen LogP contribution in [0.25, 0.3) is 11.1 Å². The highest BCUT2D eigenvalue weighted by atomic mass is 31.2. The van der Waals surface area contributed by atoms with E-state index in [4.69, 9.17) is 16.0 Å². The van der Waals surface area contributed by atoms with Crippen molar-refractivity contribution in [3.05, 3.63) is 144 Å². The van der Waals surface area contributed by atoms with E-state index in [-0.39, 0.29) is 0 Å². The number of nitrogen functional groups attached to an aromatic ring is 2. The molecule has 0 fully saturated rings. The van der Waals surface area contributed by atoms with Gasteiger partial charge in [-0.15, -0.1) is 0 Å². The number of para-hydroxylation sites is 1. The van der Waals surface area contributed by atoms with Crippen LogP contribution in [-0.4, -0.2) is 0 Å². The lowest BCUT2D eigenvalue weighted by Crippen LogP contribution is -2.38. The Bertz CT molecular complexity index is 1530. The molecule has 4 nitrogen and oxygen atoms in total. The van der Waals surface area contributed by atoms with E-state index in [2.05, 4.69) is 12.1 Å². The second-order valence-corrected chi connectivity index (χ2v) is 11.9. The number of aryl methyl sites for hydroxylation is 1. The number of rotatable bonds is 4. The van der Waals surface area contributed by atoms with E-state index in [0.29, 0.717) is 22.4 Å². The van der Waals surface area contributed by atoms with E-state index >= 15 is 4.57 Å². The molecule has 41 heavy (non-hydrogen) atoms. The van der Waals surface area contributed by atoms with Crippen molar-refractivity contribution in [2.75, 3.05) is 11.5 Å². The predicted octanol–water partition coefficient (Wildman–Crippen LogP) is 9.17. The monoisotopic (exact) mass is 562 g/mol. The highest BCUT2D eigenvalue weighted by Crippen LogP contribution is 2.71. The molecule has 210 valence electrons. The third-order valence-electron chi connectivity index (χ3n) is 7.19. The van der Waals surface area contributed by atoms with Crippen LogP contribution >= 0.6 is 7.37 Å². The van der Waals surface area contributed by atoms with Gasteiger partial charge in [-0.3, -0.25) is 4.57 Å². The van der Waals surface area contributed by atoms with Crippen molar-refractivity contribution < 1.29 is 9.09 Å². The molecule has 0 amide bonds. The summed E-state index contributed by atoms with van der Waals surface area (Å²) in [4.78, 5) is 0. The molecule has 0 radical (unpaired) electrons. The van der Waals surface area contributed by atoms with Crippen LogP contribution < -0.4 is 21.3 Å². The lowest BCUT2D eigenvalue weighted by Gasteiger charge is -2.44. The van der Waals surface area contributed by atoms with Crippen LogP contribution in [-0.2, 0) is 9.72 Å². The van der Waals surface area contributed by atoms with Crippen LogP contribution in [0.4, 0.5) is 11.4 Å². The predicted molar refractivity (Wildman–Crippen MR) is 175 cm³/mol. The maximum atomic E-state index is 16.0. The molecule has 0 aliphatic carbocycles. The summed E-state index contributed by atoms with van der Waals surface area (Å²) in [7, 11) is -3.77. The minimum Gasteiger partial charge on any atom is -0.438 e. The van der Waals surface area contributed by atoms with Crippen LogP contribution in [0.3, 0.4) is 0 Å². The first-order valence-electron chi connectivity index (χ1n) is 14.2. The molecule has 0 aromatic heterocycles. The highest BCUT2D eigenvalue weighted by Gasteiger charge is 2.57. The van der Waals surface area contributed by atoms with Gasteiger partial charge in [-0.2, -0.15) is 0 Å². The van der Waals surface area contributed by atoms with Gasteiger partial charge in [0.25, 0.3) is 7.37 Å². The minimum atomic E-state index is -3.77. The van der Waals surface area contributed by atoms with Crippen molar-refractivity contribution in [1.29, 1.82) is 0 Å². The summed E-state index contributed by atoms with van der Waals surface area (Å²) in [6, 6.07) is 39.1. The summed E-state index contributed by atoms with van der Waals surface area (Å²) in [5, 5.41) is -0.492. The van der Waals surface area contributed by atoms with Crippen molar-refractivity contribution in [2.24, 2.45) is 0 Å². The molecule has 5 heteroatoms. The molecule has 1 aliphatic rings. The molecule has 1 heterocycles. The zero-order valence-electron chi connectivity index (χ0n) is 24.5. The largest absolute Gasteiger partial charge is 0.438 e. The zero-order valence-corrected chi connectivity index (χ0v) is 25.4. The first-order valence-corrected chi connectivity index (χ1v) is 15.8. The van der Waals surface area contributed by atoms with Gasteiger partial charge in [0.1, 0.15) is 10.9 Å². The average molecular weight is 563 g/mol. The van der Waals surface area contributed by atoms with Gasteiger partial charge in [0.2, 0.25) is 0 Å². The van der Waals surface area contributed by atoms with Crippen LogP contribution in [0, 0.1) is 6.92 Å². The molecule has 5 aromatic carbocycles. The average Bonchev–Trinajstić information content (AvgIpc) is 3.02. The van der Waals surface area contributed by atoms with Gasteiger partial charge in [0.05, 0.1) is 5.30 Å². The summed E-state index contributed by atoms with van der Waals surface area (Å²) in [5.74, 6) is 0.604. The van der Waals surface area contributed by atoms with Crippen molar-refractivity contribution in [3.8, 4) is 16.9 Å². The molecule has 0 saturated carbocycles. The molecule has 0 bridgehead atoms. The topological polar surface area (TPSA) is 78.3 Å². The molecule has 1 unspecified atom stereocenters. The molecular weight excluding hydrogens is 523 g/mol. The minimum absolute atomic E-state index is 0.604. The van der Waals surface area contributed by atoms with Crippen LogP contribution in [0.15, 0.2) is 121 Å². The standard InChI is InChI=1S/C32H27N2O2P.2C2H6/c1-22-10-12-23(13-11-22)32(24-14-18-26(33)19-15-24,25-16-20-27(34)21-17-25)37(35)31-9-5-3-7-29(31)28-6-2-4-8-30(28)36-37;2*1-2/h2-21H,33-34H2,1H3;2*1-2H3. The quantitative estimate of drug-likeness (QED) is 0.130. The van der Waals surface area contributed by atoms with Crippen molar-refractivity contribution >= 4 is 24.0 Å². The molecule has 0 spiro atoms. The highest BCUT2D eigenvalue weighted by molar-refractivity contribution is 7.69. The number of nitrogens with two attached hydrogens (primary N) is 2. The number of hydrogen-bond donors (Lipinski definition) is 2. The number of hydrogen-bond acceptors (Lipinski definition) is 4. The van der Waals surface area contributed by atoms with E-state index in [9.17, 15) is 0 Å². The molecule has 4 N–H and O–H groups in total. The fourth-order valence-corrected chi connectivity index (χ4v) is 8.71. The summed E-state index contributed by atoms with van der Waals surface area (Å²) < 4.78 is 22.8. The normalized spacial score (nSPS) is 15.0. The summed E-state index contributed by atoms with van der Waals surface area (Å²) >= 11 is 0. The van der Waals surface area contributed by atoms with Crippen LogP contribution in [0.5, 0.6) is 5.75 Å². The van der Waals surface area contributed by atoms with Gasteiger partial charge in [0, 0.05) is 16.9 Å². The van der Waals surface area contributed by atoms with E-state index in [1.165, 1.54) is 0 Å². The van der Waals surface area contributed by atoms with Crippen LogP contribution in [0.1, 0.15) is 49.9 Å². The summed E-state index contributed by atoms with van der Waals surface area (Å²) in [6.07, 6.45) is 0. The third-order valence-corrected chi connectivity index (χ3v) is 10.3. The SMILES string of the molecule is CC.CC.Cc1ccc(C(c2ccc(N)cc2)(c2ccc(N)cc2)P2(=O)Oc3ccccc3-c3ccccc32)cc1. The summed E-state index contributed by atoms with van der Waals surface area (Å²) in [6.45, 7) is 10.0. The van der Waals surface area contributed by atoms with Crippen molar-refractivity contribution in [1.82, 2.24) is 0 Å². The third kappa shape index (κ3) is 5.05. The van der Waals surface area contributed by atoms with Crippen LogP contribution in [0.2, 0.25) is 0 Å². The number of anilines is 2. The van der Waals surface area contributed by atoms with E-state index in [1.54, 1.807) is 0 Å². The second-order valence-electron chi connectivity index (χ2n) is 9.48. The van der Waals surface area contributed by atoms with Gasteiger partial charge in [-0.1, -0.05) is 118 Å². The van der Waals surface area contributed by atoms with Crippen molar-refractivity contribution in [2.45, 2.75) is 39.8 Å². The second kappa shape index (κ2) is 12.5. The van der Waals surface area contributed by atoms with E-state index < -0.39 is 12.5 Å². The Morgan fingerprint density at radius 1 is 0.561 bits per heavy atom. The Kier molecular flexibility index (Phi) is 9.05. The molecule has 5 aromatic rings. The van der Waals surface area contributed by atoms with Crippen molar-refractivity contribution in [3.63, 3.8) is 0 Å². The smallest absolute Gasteiger partial charge is 0.296 e. The van der Waals surface area contributed by atoms with E-state index in [0.717, 1.165) is 33.4 Å². The Balaban J connectivity index is 0.000000929. The van der Waals surface area contributed by atoms with Gasteiger partial charge < -0.3 is 16.0 Å². The fourth-order valence-electron chi connectivity index (χ4n) is 5.42. The maximum absolute atomic E-state index is 16.0. The lowest BCUT2D eigenvalue weighted by molar-refractivity contribution is 0.469. The Morgan fingerprint density at radius 3 is 1.49 bits per heavy atom. The summed E-state index contributed by atoms with van der Waals surface area (Å²) in [5.41, 5.74) is 19.0. The Hall–Kier alpha value is -4.27. The first-order chi connectivity index (χ1) is 19.9. The molecule has 6 rings (SSSR count). The maximum Gasteiger partial charge on any atom is 0.296 e. The molecule has 1 atom stereocenters. The fraction of sp³-hybridized carbons (Fsp3) is 0.167. The van der Waals surface area contributed by atoms with Gasteiger partial charge in [-0.05, 0) is 65.6 Å². The lowest BCUT2D eigenvalue weighted by atomic mass is 9.83. The zero-order chi connectivity index (χ0) is 29.6. The molecular formula is C36H39N2O2P. The van der Waals surface area contributed by atoms with Gasteiger partial charge >= 0.3 is 0 Å². The van der Waals surface area contributed by atoms with E-state index in [1.807, 2.05) is 144 Å². The van der Waals surface area contributed by atoms with Gasteiger partial charge in [0.15, 0.2) is 0 Å². The molecule has 1 aliphatic heterocycles. The number of fused-ring (bicyclic) bond motifs is 3. The number of benzene rings is 5. The Labute approximate surface area is 244 Å². The molecule has 0 saturated heterocycles. The first kappa shape index (κ1) is 29.7. The Morgan fingerprint density at radius 2 is 0.976 bits per heavy atom.